The molecule has 0 bridgehead atoms. The van der Waals surface area contributed by atoms with Crippen molar-refractivity contribution in [2.24, 2.45) is 0 Å². The molecule has 0 aliphatic carbocycles. The van der Waals surface area contributed by atoms with E-state index in [1.165, 1.54) is 11.1 Å². The van der Waals surface area contributed by atoms with E-state index in [4.69, 9.17) is 0 Å². The van der Waals surface area contributed by atoms with Crippen LogP contribution in [-0.2, 0) is 11.2 Å². The molecule has 100 valence electrons. The minimum Gasteiger partial charge on any atom is -0.480 e. The van der Waals surface area contributed by atoms with E-state index in [1.54, 1.807) is 30.3 Å². The van der Waals surface area contributed by atoms with Crippen LogP contribution in [0.2, 0.25) is 0 Å². The summed E-state index contributed by atoms with van der Waals surface area (Å²) < 4.78 is 0. The number of carboxylic acid groups (broad SMARTS) is 1. The van der Waals surface area contributed by atoms with Gasteiger partial charge in [-0.15, -0.1) is 0 Å². The van der Waals surface area contributed by atoms with Gasteiger partial charge in [0.25, 0.3) is 5.91 Å². The molecular weight excluding hydrogens is 256 g/mol. The second kappa shape index (κ2) is 4.77. The fraction of sp³-hybridized carbons (Fsp3) is 0.133. The molecule has 20 heavy (non-hydrogen) atoms. The van der Waals surface area contributed by atoms with Gasteiger partial charge in [0.15, 0.2) is 0 Å². The lowest BCUT2D eigenvalue weighted by molar-refractivity contribution is -0.138. The molecule has 1 amide bonds. The van der Waals surface area contributed by atoms with Crippen LogP contribution in [0.5, 0.6) is 0 Å². The predicted octanol–water partition coefficient (Wildman–Crippen LogP) is 1.74. The summed E-state index contributed by atoms with van der Waals surface area (Å²) >= 11 is 0. The maximum atomic E-state index is 12.5. The second-order valence-corrected chi connectivity index (χ2v) is 4.58. The van der Waals surface area contributed by atoms with Gasteiger partial charge in [-0.3, -0.25) is 14.7 Å². The summed E-state index contributed by atoms with van der Waals surface area (Å²) in [5, 5.41) is 9.34. The predicted molar refractivity (Wildman–Crippen MR) is 72.6 cm³/mol. The summed E-state index contributed by atoms with van der Waals surface area (Å²) in [5.74, 6) is -1.39. The van der Waals surface area contributed by atoms with Gasteiger partial charge in [-0.25, -0.2) is 4.79 Å². The Morgan fingerprint density at radius 1 is 1.15 bits per heavy atom. The summed E-state index contributed by atoms with van der Waals surface area (Å²) in [6, 6.07) is 11.4. The highest BCUT2D eigenvalue weighted by Gasteiger charge is 2.38. The van der Waals surface area contributed by atoms with Crippen molar-refractivity contribution < 1.29 is 14.7 Å². The lowest BCUT2D eigenvalue weighted by Gasteiger charge is -2.22. The number of nitrogens with zero attached hydrogens (tertiary/aromatic N) is 2. The molecule has 5 nitrogen and oxygen atoms in total. The van der Waals surface area contributed by atoms with E-state index in [0.29, 0.717) is 12.1 Å². The molecule has 2 aromatic rings. The number of carboxylic acids is 1. The smallest absolute Gasteiger partial charge is 0.327 e. The average Bonchev–Trinajstić information content (AvgIpc) is 2.87. The van der Waals surface area contributed by atoms with Crippen molar-refractivity contribution in [1.82, 2.24) is 4.98 Å². The molecule has 1 aliphatic rings. The van der Waals surface area contributed by atoms with Crippen LogP contribution in [0.4, 0.5) is 5.69 Å². The van der Waals surface area contributed by atoms with Crippen molar-refractivity contribution >= 4 is 17.6 Å². The Morgan fingerprint density at radius 3 is 2.60 bits per heavy atom. The van der Waals surface area contributed by atoms with Gasteiger partial charge in [-0.1, -0.05) is 24.3 Å². The van der Waals surface area contributed by atoms with Gasteiger partial charge >= 0.3 is 5.97 Å². The van der Waals surface area contributed by atoms with Crippen molar-refractivity contribution in [3.8, 4) is 0 Å². The highest BCUT2D eigenvalue weighted by Crippen LogP contribution is 2.33. The van der Waals surface area contributed by atoms with E-state index < -0.39 is 12.0 Å². The number of hydrogen-bond acceptors (Lipinski definition) is 3. The molecular formula is C15H12N2O3. The minimum atomic E-state index is -1.01. The zero-order valence-corrected chi connectivity index (χ0v) is 10.6. The Kier molecular flexibility index (Phi) is 2.95. The van der Waals surface area contributed by atoms with Crippen LogP contribution < -0.4 is 4.90 Å². The first-order valence-electron chi connectivity index (χ1n) is 6.24. The lowest BCUT2D eigenvalue weighted by Crippen LogP contribution is -2.43. The highest BCUT2D eigenvalue weighted by atomic mass is 16.4. The maximum absolute atomic E-state index is 12.5. The maximum Gasteiger partial charge on any atom is 0.327 e. The molecule has 0 spiro atoms. The molecule has 1 atom stereocenters. The number of rotatable bonds is 2. The van der Waals surface area contributed by atoms with Gasteiger partial charge in [-0.05, 0) is 23.8 Å². The molecule has 1 unspecified atom stereocenters. The fourth-order valence-corrected chi connectivity index (χ4v) is 2.45. The fourth-order valence-electron chi connectivity index (χ4n) is 2.45. The number of carbonyl (C=O) groups is 2. The number of hydrogen-bond donors (Lipinski definition) is 1. The number of benzene rings is 1. The Hall–Kier alpha value is -2.69. The number of aliphatic carboxylic acids is 1. The van der Waals surface area contributed by atoms with Gasteiger partial charge in [0.1, 0.15) is 11.7 Å². The van der Waals surface area contributed by atoms with Crippen molar-refractivity contribution in [2.75, 3.05) is 4.90 Å². The van der Waals surface area contributed by atoms with E-state index >= 15 is 0 Å². The number of pyridine rings is 1. The number of aromatic nitrogens is 1. The van der Waals surface area contributed by atoms with Crippen molar-refractivity contribution in [3.05, 3.63) is 59.9 Å². The van der Waals surface area contributed by atoms with Crippen LogP contribution in [-0.4, -0.2) is 28.0 Å². The second-order valence-electron chi connectivity index (χ2n) is 4.58. The van der Waals surface area contributed by atoms with E-state index in [2.05, 4.69) is 4.98 Å². The van der Waals surface area contributed by atoms with E-state index in [1.807, 2.05) is 12.1 Å². The first-order valence-corrected chi connectivity index (χ1v) is 6.24. The Balaban J connectivity index is 2.05. The average molecular weight is 268 g/mol. The van der Waals surface area contributed by atoms with Crippen LogP contribution in [0, 0.1) is 0 Å². The molecule has 1 N–H and O–H groups in total. The first kappa shape index (κ1) is 12.3. The molecule has 2 heterocycles. The van der Waals surface area contributed by atoms with Crippen LogP contribution in [0.25, 0.3) is 0 Å². The minimum absolute atomic E-state index is 0.246. The van der Waals surface area contributed by atoms with Crippen LogP contribution in [0.15, 0.2) is 48.7 Å². The number of amides is 1. The van der Waals surface area contributed by atoms with Gasteiger partial charge in [0.05, 0.1) is 0 Å². The van der Waals surface area contributed by atoms with Crippen LogP contribution in [0.1, 0.15) is 16.1 Å². The Morgan fingerprint density at radius 2 is 1.90 bits per heavy atom. The molecule has 0 saturated heterocycles. The van der Waals surface area contributed by atoms with E-state index in [9.17, 15) is 14.7 Å². The normalized spacial score (nSPS) is 16.8. The SMILES string of the molecule is O=C(O)C1Cc2ccccc2N1C(=O)c1ccccn1. The summed E-state index contributed by atoms with van der Waals surface area (Å²) in [6.07, 6.45) is 1.84. The number of fused-ring (bicyclic) bond motifs is 1. The number of carbonyl (C=O) groups excluding carboxylic acids is 1. The van der Waals surface area contributed by atoms with Crippen molar-refractivity contribution in [1.29, 1.82) is 0 Å². The Bertz CT molecular complexity index is 670. The topological polar surface area (TPSA) is 70.5 Å². The molecule has 1 aromatic heterocycles. The van der Waals surface area contributed by atoms with Gasteiger partial charge < -0.3 is 5.11 Å². The van der Waals surface area contributed by atoms with Crippen LogP contribution >= 0.6 is 0 Å². The molecule has 3 rings (SSSR count). The molecule has 0 saturated carbocycles. The third-order valence-corrected chi connectivity index (χ3v) is 3.36. The summed E-state index contributed by atoms with van der Waals surface area (Å²) in [5.41, 5.74) is 1.76. The third kappa shape index (κ3) is 1.93. The van der Waals surface area contributed by atoms with E-state index in [0.717, 1.165) is 5.56 Å². The van der Waals surface area contributed by atoms with Crippen molar-refractivity contribution in [3.63, 3.8) is 0 Å². The first-order chi connectivity index (χ1) is 9.68. The summed E-state index contributed by atoms with van der Waals surface area (Å²) in [7, 11) is 0. The molecule has 5 heteroatoms. The molecule has 0 fully saturated rings. The molecule has 1 aromatic carbocycles. The zero-order valence-electron chi connectivity index (χ0n) is 10.6. The van der Waals surface area contributed by atoms with Gasteiger partial charge in [-0.2, -0.15) is 0 Å². The standard InChI is InChI=1S/C15H12N2O3/c18-14(11-6-3-4-8-16-11)17-12-7-2-1-5-10(12)9-13(17)15(19)20/h1-8,13H,9H2,(H,19,20). The van der Waals surface area contributed by atoms with Gasteiger partial charge in [0, 0.05) is 18.3 Å². The highest BCUT2D eigenvalue weighted by molar-refractivity contribution is 6.09. The largest absolute Gasteiger partial charge is 0.480 e. The molecule has 1 aliphatic heterocycles. The third-order valence-electron chi connectivity index (χ3n) is 3.36. The number of anilines is 1. The zero-order chi connectivity index (χ0) is 14.1. The quantitative estimate of drug-likeness (QED) is 0.900. The lowest BCUT2D eigenvalue weighted by atomic mass is 10.1. The Labute approximate surface area is 115 Å². The van der Waals surface area contributed by atoms with Crippen molar-refractivity contribution in [2.45, 2.75) is 12.5 Å². The summed E-state index contributed by atoms with van der Waals surface area (Å²) in [6.45, 7) is 0. The summed E-state index contributed by atoms with van der Waals surface area (Å²) in [4.78, 5) is 29.3. The van der Waals surface area contributed by atoms with Gasteiger partial charge in [0.2, 0.25) is 0 Å². The van der Waals surface area contributed by atoms with Crippen LogP contribution in [0.3, 0.4) is 0 Å². The monoisotopic (exact) mass is 268 g/mol. The van der Waals surface area contributed by atoms with E-state index in [-0.39, 0.29) is 11.6 Å². The molecule has 0 radical (unpaired) electrons. The number of para-hydroxylation sites is 1.